The van der Waals surface area contributed by atoms with Crippen molar-refractivity contribution in [2.75, 3.05) is 12.5 Å². The second-order valence-electron chi connectivity index (χ2n) is 13.5. The van der Waals surface area contributed by atoms with Crippen LogP contribution < -0.4 is 0 Å². The van der Waals surface area contributed by atoms with Gasteiger partial charge in [0.25, 0.3) is 20.2 Å². The summed E-state index contributed by atoms with van der Waals surface area (Å²) in [4.78, 5) is 18.0. The van der Waals surface area contributed by atoms with Crippen molar-refractivity contribution in [3.63, 3.8) is 0 Å². The molecule has 0 radical (unpaired) electrons. The van der Waals surface area contributed by atoms with Gasteiger partial charge in [0, 0.05) is 50.6 Å². The Morgan fingerprint density at radius 2 is 1.16 bits per heavy atom. The third kappa shape index (κ3) is 16.4. The number of hydrogen-bond donors (Lipinski definition) is 0. The highest BCUT2D eigenvalue weighted by molar-refractivity contribution is 7.99. The molecule has 0 N–H and O–H groups in total. The minimum atomic E-state index is -4.64. The molecule has 0 bridgehead atoms. The second kappa shape index (κ2) is 24.2. The molecule has 338 valence electrons. The van der Waals surface area contributed by atoms with Gasteiger partial charge < -0.3 is 8.83 Å². The zero-order chi connectivity index (χ0) is 45.2. The summed E-state index contributed by atoms with van der Waals surface area (Å²) in [6.45, 7) is 2.29. The fourth-order valence-corrected chi connectivity index (χ4v) is 8.12. The van der Waals surface area contributed by atoms with Crippen LogP contribution in [-0.2, 0) is 54.3 Å². The lowest BCUT2D eigenvalue weighted by Gasteiger charge is -2.14. The maximum Gasteiger partial charge on any atom is 0.446 e. The molecule has 16 nitrogen and oxygen atoms in total. The van der Waals surface area contributed by atoms with Gasteiger partial charge in [0.2, 0.25) is 6.29 Å². The largest absolute Gasteiger partial charge is 0.469 e. The lowest BCUT2D eigenvalue weighted by atomic mass is 9.95. The van der Waals surface area contributed by atoms with Crippen molar-refractivity contribution in [2.24, 2.45) is 0 Å². The SMILES string of the molecule is C.C1=C(c2cnc(CCc3ccco3)n3cnnc23)CCCC1.C1=C(c2cnc(CCc3ccco3)n3cnnc23)CCCC1.CS(=O)(=O)OS(C)(=O)=O.O=CC(F)(F)F.[2H]CC. The van der Waals surface area contributed by atoms with Crippen molar-refractivity contribution >= 4 is 49.0 Å². The number of aryl methyl sites for hydroxylation is 4. The number of hydrogen-bond acceptors (Lipinski definition) is 14. The van der Waals surface area contributed by atoms with Gasteiger partial charge in [0.15, 0.2) is 11.3 Å². The zero-order valence-corrected chi connectivity index (χ0v) is 35.6. The number of aldehydes is 1. The first-order valence-corrected chi connectivity index (χ1v) is 22.9. The second-order valence-corrected chi connectivity index (χ2v) is 16.8. The summed E-state index contributed by atoms with van der Waals surface area (Å²) >= 11 is 0. The van der Waals surface area contributed by atoms with Gasteiger partial charge in [-0.3, -0.25) is 13.6 Å². The quantitative estimate of drug-likeness (QED) is 0.119. The Balaban J connectivity index is 0.000000242. The molecule has 0 atom stereocenters. The standard InChI is InChI=1S/2C17H18N4O.C2HF3O.C2H6O5S2.C2H6.CH4/c2*1-2-5-13(6-3-1)15-11-18-16(21-12-19-20-17(15)21)9-8-14-7-4-10-22-14;3-2(4,5)1-6;1-8(3,4)7-9(2,5)6;1-2;/h2*4-5,7,10-12H,1-3,6,8-9H2;1H;1-2H3;1-2H3;1H4/i;;;;1D;. The number of carbonyl (C=O) groups excluding carboxylic acids is 1. The highest BCUT2D eigenvalue weighted by Crippen LogP contribution is 2.30. The molecule has 21 heteroatoms. The summed E-state index contributed by atoms with van der Waals surface area (Å²) in [6, 6.07) is 7.81. The van der Waals surface area contributed by atoms with E-state index in [1.807, 2.05) is 45.5 Å². The van der Waals surface area contributed by atoms with E-state index in [9.17, 15) is 30.0 Å². The van der Waals surface area contributed by atoms with Gasteiger partial charge in [0.05, 0.1) is 25.0 Å². The predicted molar refractivity (Wildman–Crippen MR) is 228 cm³/mol. The van der Waals surface area contributed by atoms with Gasteiger partial charge >= 0.3 is 6.18 Å². The van der Waals surface area contributed by atoms with Crippen molar-refractivity contribution in [3.8, 4) is 0 Å². The van der Waals surface area contributed by atoms with E-state index < -0.39 is 32.7 Å². The van der Waals surface area contributed by atoms with Crippen LogP contribution in [0.5, 0.6) is 0 Å². The third-order valence-electron chi connectivity index (χ3n) is 8.82. The number of nitrogens with zero attached hydrogens (tertiary/aromatic N) is 8. The van der Waals surface area contributed by atoms with E-state index in [0.29, 0.717) is 19.4 Å². The molecule has 0 unspecified atom stereocenters. The number of furan rings is 2. The van der Waals surface area contributed by atoms with Gasteiger partial charge in [0.1, 0.15) is 35.8 Å². The fourth-order valence-electron chi connectivity index (χ4n) is 6.33. The van der Waals surface area contributed by atoms with Crippen LogP contribution in [0.15, 0.2) is 82.8 Å². The molecule has 0 fully saturated rings. The van der Waals surface area contributed by atoms with E-state index in [1.54, 1.807) is 32.1 Å². The Kier molecular flexibility index (Phi) is 19.2. The summed E-state index contributed by atoms with van der Waals surface area (Å²) in [6.07, 6.45) is 23.9. The Labute approximate surface area is 361 Å². The minimum absolute atomic E-state index is 0. The van der Waals surface area contributed by atoms with E-state index in [-0.39, 0.29) is 7.43 Å². The maximum absolute atomic E-state index is 10.4. The summed E-state index contributed by atoms with van der Waals surface area (Å²) in [5.74, 6) is 3.89. The van der Waals surface area contributed by atoms with Crippen molar-refractivity contribution in [1.29, 1.82) is 0 Å². The average molecular weight is 908 g/mol. The Morgan fingerprint density at radius 3 is 1.45 bits per heavy atom. The molecule has 6 aromatic rings. The first-order chi connectivity index (χ1) is 29.5. The van der Waals surface area contributed by atoms with Crippen LogP contribution in [0.25, 0.3) is 22.4 Å². The molecule has 8 rings (SSSR count). The topological polar surface area (TPSA) is 207 Å². The molecular weight excluding hydrogens is 854 g/mol. The molecule has 0 spiro atoms. The first-order valence-electron chi connectivity index (χ1n) is 19.9. The molecule has 62 heavy (non-hydrogen) atoms. The van der Waals surface area contributed by atoms with Crippen LogP contribution in [0, 0.1) is 0 Å². The molecule has 0 saturated heterocycles. The van der Waals surface area contributed by atoms with Crippen molar-refractivity contribution in [1.82, 2.24) is 39.2 Å². The maximum atomic E-state index is 10.4. The van der Waals surface area contributed by atoms with Crippen molar-refractivity contribution < 1.29 is 48.6 Å². The van der Waals surface area contributed by atoms with E-state index in [0.717, 1.165) is 97.0 Å². The van der Waals surface area contributed by atoms with Crippen LogP contribution >= 0.6 is 0 Å². The van der Waals surface area contributed by atoms with E-state index in [2.05, 4.69) is 46.1 Å². The van der Waals surface area contributed by atoms with Gasteiger partial charge in [-0.15, -0.1) is 24.0 Å². The third-order valence-corrected chi connectivity index (χ3v) is 10.8. The number of carbonyl (C=O) groups is 1. The summed E-state index contributed by atoms with van der Waals surface area (Å²) in [5.41, 5.74) is 6.79. The highest BCUT2D eigenvalue weighted by atomic mass is 32.3. The summed E-state index contributed by atoms with van der Waals surface area (Å²) < 4.78 is 96.0. The molecule has 0 amide bonds. The fraction of sp³-hybridized carbons (Fsp3) is 0.439. The van der Waals surface area contributed by atoms with Gasteiger partial charge in [-0.05, 0) is 86.8 Å². The molecule has 0 aromatic carbocycles. The van der Waals surface area contributed by atoms with Crippen LogP contribution in [0.4, 0.5) is 13.2 Å². The predicted octanol–water partition coefficient (Wildman–Crippen LogP) is 8.25. The first kappa shape index (κ1) is 49.1. The van der Waals surface area contributed by atoms with Gasteiger partial charge in [-0.25, -0.2) is 9.97 Å². The number of allylic oxidation sites excluding steroid dienone is 4. The smallest absolute Gasteiger partial charge is 0.446 e. The van der Waals surface area contributed by atoms with Gasteiger partial charge in [-0.2, -0.15) is 30.0 Å². The number of rotatable bonds is 10. The minimum Gasteiger partial charge on any atom is -0.469 e. The molecule has 6 heterocycles. The molecule has 2 aliphatic rings. The lowest BCUT2D eigenvalue weighted by molar-refractivity contribution is -0.156. The monoisotopic (exact) mass is 907 g/mol. The Morgan fingerprint density at radius 1 is 0.758 bits per heavy atom. The molecule has 6 aromatic heterocycles. The van der Waals surface area contributed by atoms with Crippen molar-refractivity contribution in [3.05, 3.63) is 108 Å². The average Bonchev–Trinajstić information content (AvgIpc) is 4.08. The lowest BCUT2D eigenvalue weighted by Crippen LogP contribution is -2.09. The number of fused-ring (bicyclic) bond motifs is 2. The normalized spacial score (nSPS) is 14.1. The summed E-state index contributed by atoms with van der Waals surface area (Å²) in [5, 5.41) is 16.8. The number of halogens is 3. The molecular formula is C41H53F3N8O8S2. The van der Waals surface area contributed by atoms with E-state index in [4.69, 9.17) is 15.0 Å². The molecule has 0 saturated carbocycles. The van der Waals surface area contributed by atoms with Crippen LogP contribution in [0.3, 0.4) is 0 Å². The number of aromatic nitrogens is 8. The van der Waals surface area contributed by atoms with Crippen LogP contribution in [0.2, 0.25) is 0 Å². The van der Waals surface area contributed by atoms with E-state index >= 15 is 0 Å². The number of alkyl halides is 3. The molecule has 2 aliphatic carbocycles. The highest BCUT2D eigenvalue weighted by Gasteiger charge is 2.25. The van der Waals surface area contributed by atoms with Gasteiger partial charge in [-0.1, -0.05) is 33.4 Å². The van der Waals surface area contributed by atoms with Crippen LogP contribution in [0.1, 0.15) is 108 Å². The van der Waals surface area contributed by atoms with E-state index in [1.165, 1.54) is 36.8 Å². The summed E-state index contributed by atoms with van der Waals surface area (Å²) in [7, 11) is -7.74. The van der Waals surface area contributed by atoms with Crippen LogP contribution in [-0.4, -0.2) is 81.0 Å². The Bertz CT molecular complexity index is 2430. The molecule has 0 aliphatic heterocycles. The Hall–Kier alpha value is -5.54. The zero-order valence-electron chi connectivity index (χ0n) is 35.0. The van der Waals surface area contributed by atoms with Crippen molar-refractivity contribution in [2.45, 2.75) is 104 Å².